The third-order valence-corrected chi connectivity index (χ3v) is 3.83. The van der Waals surface area contributed by atoms with Crippen LogP contribution in [0.1, 0.15) is 19.3 Å². The highest BCUT2D eigenvalue weighted by Crippen LogP contribution is 2.36. The highest BCUT2D eigenvalue weighted by molar-refractivity contribution is 7.86. The molecule has 0 aromatic rings. The maximum atomic E-state index is 11.0. The highest BCUT2D eigenvalue weighted by atomic mass is 32.2. The van der Waals surface area contributed by atoms with Crippen molar-refractivity contribution in [2.45, 2.75) is 24.9 Å². The summed E-state index contributed by atoms with van der Waals surface area (Å²) in [6.45, 7) is 1.24. The molecule has 2 heterocycles. The van der Waals surface area contributed by atoms with Gasteiger partial charge in [0.2, 0.25) is 0 Å². The van der Waals surface area contributed by atoms with Gasteiger partial charge in [-0.2, -0.15) is 8.42 Å². The van der Waals surface area contributed by atoms with Crippen LogP contribution in [0.5, 0.6) is 0 Å². The molecule has 12 heavy (non-hydrogen) atoms. The summed E-state index contributed by atoms with van der Waals surface area (Å²) in [6, 6.07) is 0. The van der Waals surface area contributed by atoms with Gasteiger partial charge in [-0.15, -0.1) is 0 Å². The topological polar surface area (TPSA) is 52.6 Å². The fourth-order valence-electron chi connectivity index (χ4n) is 1.74. The lowest BCUT2D eigenvalue weighted by Gasteiger charge is -2.30. The van der Waals surface area contributed by atoms with E-state index in [1.165, 1.54) is 0 Å². The highest BCUT2D eigenvalue weighted by Gasteiger charge is 2.44. The minimum absolute atomic E-state index is 0.174. The van der Waals surface area contributed by atoms with Crippen LogP contribution in [0.25, 0.3) is 0 Å². The molecule has 0 N–H and O–H groups in total. The van der Waals surface area contributed by atoms with Crippen LogP contribution in [0.4, 0.5) is 0 Å². The van der Waals surface area contributed by atoms with E-state index in [2.05, 4.69) is 0 Å². The van der Waals surface area contributed by atoms with Crippen LogP contribution in [-0.4, -0.2) is 33.0 Å². The molecule has 0 atom stereocenters. The van der Waals surface area contributed by atoms with Crippen molar-refractivity contribution in [1.82, 2.24) is 0 Å². The summed E-state index contributed by atoms with van der Waals surface area (Å²) in [5.41, 5.74) is -0.406. The monoisotopic (exact) mass is 192 g/mol. The smallest absolute Gasteiger partial charge is 0.267 e. The third kappa shape index (κ3) is 1.48. The Morgan fingerprint density at radius 2 is 1.75 bits per heavy atom. The summed E-state index contributed by atoms with van der Waals surface area (Å²) in [4.78, 5) is 0. The van der Waals surface area contributed by atoms with E-state index in [-0.39, 0.29) is 5.75 Å². The van der Waals surface area contributed by atoms with Gasteiger partial charge in [0, 0.05) is 26.1 Å². The van der Waals surface area contributed by atoms with Crippen molar-refractivity contribution in [2.24, 2.45) is 0 Å². The Kier molecular flexibility index (Phi) is 1.89. The first-order chi connectivity index (χ1) is 5.62. The van der Waals surface area contributed by atoms with Crippen LogP contribution >= 0.6 is 0 Å². The van der Waals surface area contributed by atoms with Gasteiger partial charge in [0.05, 0.1) is 11.4 Å². The average molecular weight is 192 g/mol. The van der Waals surface area contributed by atoms with E-state index in [0.29, 0.717) is 32.5 Å². The molecular weight excluding hydrogens is 180 g/mol. The largest absolute Gasteiger partial charge is 0.381 e. The summed E-state index contributed by atoms with van der Waals surface area (Å²) in [5, 5.41) is 0. The van der Waals surface area contributed by atoms with Gasteiger partial charge in [0.1, 0.15) is 0 Å². The Morgan fingerprint density at radius 1 is 1.08 bits per heavy atom. The number of rotatable bonds is 0. The lowest BCUT2D eigenvalue weighted by Crippen LogP contribution is -2.35. The van der Waals surface area contributed by atoms with Gasteiger partial charge in [-0.1, -0.05) is 0 Å². The van der Waals surface area contributed by atoms with E-state index >= 15 is 0 Å². The van der Waals surface area contributed by atoms with Crippen LogP contribution in [0.3, 0.4) is 0 Å². The molecule has 0 radical (unpaired) electrons. The number of hydrogen-bond acceptors (Lipinski definition) is 4. The zero-order chi connectivity index (χ0) is 8.66. The van der Waals surface area contributed by atoms with E-state index in [1.54, 1.807) is 0 Å². The Hall–Kier alpha value is -0.130. The van der Waals surface area contributed by atoms with Gasteiger partial charge in [0.15, 0.2) is 0 Å². The summed E-state index contributed by atoms with van der Waals surface area (Å²) in [7, 11) is -3.21. The van der Waals surface area contributed by atoms with E-state index in [0.717, 1.165) is 0 Å². The second-order valence-corrected chi connectivity index (χ2v) is 5.08. The first kappa shape index (κ1) is 8.47. The molecule has 2 fully saturated rings. The maximum absolute atomic E-state index is 11.0. The SMILES string of the molecule is O=S1(=O)CCC2(CCOCC2)O1. The molecule has 0 aliphatic carbocycles. The molecule has 2 rings (SSSR count). The zero-order valence-corrected chi connectivity index (χ0v) is 7.60. The Morgan fingerprint density at radius 3 is 2.25 bits per heavy atom. The lowest BCUT2D eigenvalue weighted by molar-refractivity contribution is -0.0323. The summed E-state index contributed by atoms with van der Waals surface area (Å²) >= 11 is 0. The van der Waals surface area contributed by atoms with E-state index in [9.17, 15) is 8.42 Å². The summed E-state index contributed by atoms with van der Waals surface area (Å²) in [6.07, 6.45) is 2.07. The molecule has 2 aliphatic heterocycles. The summed E-state index contributed by atoms with van der Waals surface area (Å²) in [5.74, 6) is 0.174. The van der Waals surface area contributed by atoms with Gasteiger partial charge >= 0.3 is 0 Å². The average Bonchev–Trinajstić information content (AvgIpc) is 2.29. The first-order valence-corrected chi connectivity index (χ1v) is 5.71. The molecule has 70 valence electrons. The van der Waals surface area contributed by atoms with E-state index < -0.39 is 15.7 Å². The molecule has 0 amide bonds. The Balaban J connectivity index is 2.13. The number of hydrogen-bond donors (Lipinski definition) is 0. The van der Waals surface area contributed by atoms with E-state index in [4.69, 9.17) is 8.92 Å². The molecule has 2 aliphatic rings. The van der Waals surface area contributed by atoms with Crippen molar-refractivity contribution in [3.8, 4) is 0 Å². The van der Waals surface area contributed by atoms with Crippen LogP contribution in [0.15, 0.2) is 0 Å². The lowest BCUT2D eigenvalue weighted by atomic mass is 9.92. The van der Waals surface area contributed by atoms with Gasteiger partial charge in [-0.3, -0.25) is 4.18 Å². The van der Waals surface area contributed by atoms with Crippen LogP contribution in [0, 0.1) is 0 Å². The third-order valence-electron chi connectivity index (χ3n) is 2.52. The molecule has 2 saturated heterocycles. The maximum Gasteiger partial charge on any atom is 0.267 e. The molecule has 4 nitrogen and oxygen atoms in total. The van der Waals surface area contributed by atoms with Gasteiger partial charge in [-0.25, -0.2) is 0 Å². The molecule has 1 spiro atoms. The minimum Gasteiger partial charge on any atom is -0.381 e. The van der Waals surface area contributed by atoms with Crippen molar-refractivity contribution in [3.05, 3.63) is 0 Å². The van der Waals surface area contributed by atoms with Crippen LogP contribution < -0.4 is 0 Å². The summed E-state index contributed by atoms with van der Waals surface area (Å²) < 4.78 is 32.3. The number of ether oxygens (including phenoxy) is 1. The van der Waals surface area contributed by atoms with Gasteiger partial charge in [0.25, 0.3) is 10.1 Å². The molecular formula is C7H12O4S. The molecule has 0 saturated carbocycles. The van der Waals surface area contributed by atoms with Crippen LogP contribution in [-0.2, 0) is 19.0 Å². The van der Waals surface area contributed by atoms with Crippen LogP contribution in [0.2, 0.25) is 0 Å². The fraction of sp³-hybridized carbons (Fsp3) is 1.00. The molecule has 0 aromatic heterocycles. The molecule has 0 unspecified atom stereocenters. The van der Waals surface area contributed by atoms with Gasteiger partial charge in [-0.05, 0) is 6.42 Å². The van der Waals surface area contributed by atoms with E-state index in [1.807, 2.05) is 0 Å². The second-order valence-electron chi connectivity index (χ2n) is 3.39. The van der Waals surface area contributed by atoms with Gasteiger partial charge < -0.3 is 4.74 Å². The standard InChI is InChI=1S/C7H12O4S/c8-12(9)6-3-7(11-12)1-4-10-5-2-7/h1-6H2. The van der Waals surface area contributed by atoms with Crippen molar-refractivity contribution in [2.75, 3.05) is 19.0 Å². The van der Waals surface area contributed by atoms with Crippen molar-refractivity contribution in [3.63, 3.8) is 0 Å². The Labute approximate surface area is 72.0 Å². The quantitative estimate of drug-likeness (QED) is 0.517. The van der Waals surface area contributed by atoms with Crippen molar-refractivity contribution >= 4 is 10.1 Å². The van der Waals surface area contributed by atoms with Crippen molar-refractivity contribution < 1.29 is 17.3 Å². The fourth-order valence-corrected chi connectivity index (χ4v) is 3.23. The molecule has 0 aromatic carbocycles. The van der Waals surface area contributed by atoms with Crippen molar-refractivity contribution in [1.29, 1.82) is 0 Å². The molecule has 0 bridgehead atoms. The predicted molar refractivity (Wildman–Crippen MR) is 42.3 cm³/mol. The predicted octanol–water partition coefficient (Wildman–Crippen LogP) is 0.286. The minimum atomic E-state index is -3.21. The Bertz CT molecular complexity index is 263. The zero-order valence-electron chi connectivity index (χ0n) is 6.78. The molecule has 5 heteroatoms. The second kappa shape index (κ2) is 2.68. The normalized spacial score (nSPS) is 32.3. The first-order valence-electron chi connectivity index (χ1n) is 4.13.